The van der Waals surface area contributed by atoms with Gasteiger partial charge in [0.2, 0.25) is 0 Å². The Morgan fingerprint density at radius 3 is 2.70 bits per heavy atom. The molecule has 27 heavy (non-hydrogen) atoms. The van der Waals surface area contributed by atoms with Crippen LogP contribution in [-0.2, 0) is 0 Å². The number of halogens is 2. The van der Waals surface area contributed by atoms with E-state index in [1.54, 1.807) is 6.07 Å². The molecule has 152 valence electrons. The Bertz CT molecular complexity index is 648. The Kier molecular flexibility index (Phi) is 8.15. The molecule has 0 aromatic heterocycles. The first-order valence-corrected chi connectivity index (χ1v) is 9.68. The molecule has 1 aromatic rings. The van der Waals surface area contributed by atoms with E-state index in [4.69, 9.17) is 4.74 Å². The van der Waals surface area contributed by atoms with Crippen LogP contribution in [0.2, 0.25) is 0 Å². The molecule has 0 heterocycles. The number of hydrogen-bond acceptors (Lipinski definition) is 3. The maximum atomic E-state index is 14.3. The highest BCUT2D eigenvalue weighted by molar-refractivity contribution is 14.0. The van der Waals surface area contributed by atoms with Gasteiger partial charge in [-0.15, -0.1) is 24.0 Å². The van der Waals surface area contributed by atoms with Crippen LogP contribution in [-0.4, -0.2) is 36.4 Å². The first kappa shape index (κ1) is 22.2. The van der Waals surface area contributed by atoms with E-state index in [9.17, 15) is 9.50 Å². The van der Waals surface area contributed by atoms with Crippen molar-refractivity contribution < 1.29 is 14.2 Å². The van der Waals surface area contributed by atoms with Gasteiger partial charge < -0.3 is 20.5 Å². The number of rotatable bonds is 8. The van der Waals surface area contributed by atoms with Gasteiger partial charge in [0.1, 0.15) is 0 Å². The summed E-state index contributed by atoms with van der Waals surface area (Å²) in [6, 6.07) is 4.98. The molecular weight excluding hydrogens is 460 g/mol. The second-order valence-electron chi connectivity index (χ2n) is 7.58. The first-order valence-electron chi connectivity index (χ1n) is 9.68. The topological polar surface area (TPSA) is 65.9 Å². The summed E-state index contributed by atoms with van der Waals surface area (Å²) >= 11 is 0. The quantitative estimate of drug-likeness (QED) is 0.295. The minimum Gasteiger partial charge on any atom is -0.490 e. The van der Waals surface area contributed by atoms with Gasteiger partial charge in [-0.1, -0.05) is 6.07 Å². The fraction of sp³-hybridized carbons (Fsp3) is 0.650. The molecule has 1 unspecified atom stereocenters. The molecule has 7 heteroatoms. The lowest BCUT2D eigenvalue weighted by Crippen LogP contribution is -2.43. The van der Waals surface area contributed by atoms with Gasteiger partial charge in [-0.3, -0.25) is 4.99 Å². The highest BCUT2D eigenvalue weighted by Gasteiger charge is 2.34. The minimum absolute atomic E-state index is 0. The van der Waals surface area contributed by atoms with Gasteiger partial charge in [-0.2, -0.15) is 0 Å². The maximum absolute atomic E-state index is 14.3. The molecule has 0 amide bonds. The zero-order valence-electron chi connectivity index (χ0n) is 16.1. The molecule has 3 rings (SSSR count). The normalized spacial score (nSPS) is 19.5. The fourth-order valence-electron chi connectivity index (χ4n) is 2.97. The van der Waals surface area contributed by atoms with E-state index in [1.165, 1.54) is 18.9 Å². The number of nitrogens with zero attached hydrogens (tertiary/aromatic N) is 1. The second kappa shape index (κ2) is 9.91. The van der Waals surface area contributed by atoms with Crippen LogP contribution in [0.4, 0.5) is 4.39 Å². The Hall–Kier alpha value is -1.09. The number of benzene rings is 1. The molecular formula is C20H31FIN3O2. The van der Waals surface area contributed by atoms with Crippen LogP contribution in [0.5, 0.6) is 5.75 Å². The van der Waals surface area contributed by atoms with Gasteiger partial charge in [0, 0.05) is 6.54 Å². The van der Waals surface area contributed by atoms with Gasteiger partial charge in [0.05, 0.1) is 24.8 Å². The number of ether oxygens (including phenoxy) is 1. The summed E-state index contributed by atoms with van der Waals surface area (Å²) in [6.45, 7) is 5.66. The third-order valence-electron chi connectivity index (χ3n) is 5.14. The van der Waals surface area contributed by atoms with E-state index in [0.29, 0.717) is 30.8 Å². The predicted octanol–water partition coefficient (Wildman–Crippen LogP) is 3.76. The highest BCUT2D eigenvalue weighted by atomic mass is 127. The third-order valence-corrected chi connectivity index (χ3v) is 5.14. The zero-order valence-corrected chi connectivity index (χ0v) is 18.5. The van der Waals surface area contributed by atoms with E-state index in [0.717, 1.165) is 31.4 Å². The molecule has 2 aliphatic rings. The van der Waals surface area contributed by atoms with Crippen molar-refractivity contribution in [1.82, 2.24) is 10.6 Å². The summed E-state index contributed by atoms with van der Waals surface area (Å²) in [5, 5.41) is 16.7. The average Bonchev–Trinajstić information content (AvgIpc) is 3.41. The molecule has 0 saturated heterocycles. The van der Waals surface area contributed by atoms with Gasteiger partial charge >= 0.3 is 0 Å². The highest BCUT2D eigenvalue weighted by Crippen LogP contribution is 2.32. The van der Waals surface area contributed by atoms with Crippen molar-refractivity contribution in [1.29, 1.82) is 0 Å². The maximum Gasteiger partial charge on any atom is 0.191 e. The summed E-state index contributed by atoms with van der Waals surface area (Å²) < 4.78 is 19.8. The molecule has 2 aliphatic carbocycles. The Morgan fingerprint density at radius 2 is 2.15 bits per heavy atom. The van der Waals surface area contributed by atoms with Crippen molar-refractivity contribution in [3.05, 3.63) is 29.6 Å². The van der Waals surface area contributed by atoms with Gasteiger partial charge in [-0.05, 0) is 69.6 Å². The van der Waals surface area contributed by atoms with E-state index in [-0.39, 0.29) is 35.8 Å². The number of aliphatic hydroxyl groups is 1. The largest absolute Gasteiger partial charge is 0.490 e. The zero-order chi connectivity index (χ0) is 18.6. The first-order chi connectivity index (χ1) is 12.5. The minimum atomic E-state index is -0.655. The molecule has 3 N–H and O–H groups in total. The smallest absolute Gasteiger partial charge is 0.191 e. The van der Waals surface area contributed by atoms with Gasteiger partial charge in [-0.25, -0.2) is 4.39 Å². The van der Waals surface area contributed by atoms with E-state index < -0.39 is 5.60 Å². The van der Waals surface area contributed by atoms with Crippen molar-refractivity contribution in [2.45, 2.75) is 57.6 Å². The number of nitrogens with one attached hydrogen (secondary N) is 2. The number of hydrogen-bond donors (Lipinski definition) is 3. The standard InChI is InChI=1S/C20H30FN3O2.HI/c1-3-22-19(23-13-20(25)9-4-10-20)24-14(2)16-7-8-18(17(21)11-16)26-12-15-5-6-15;/h7-8,11,14-15,25H,3-6,9-10,12-13H2,1-2H3,(H2,22,23,24);1H. The van der Waals surface area contributed by atoms with Crippen LogP contribution in [0.3, 0.4) is 0 Å². The van der Waals surface area contributed by atoms with Gasteiger partial charge in [0.25, 0.3) is 0 Å². The molecule has 5 nitrogen and oxygen atoms in total. The van der Waals surface area contributed by atoms with E-state index >= 15 is 0 Å². The lowest BCUT2D eigenvalue weighted by Gasteiger charge is -2.35. The Labute approximate surface area is 178 Å². The third kappa shape index (κ3) is 6.48. The van der Waals surface area contributed by atoms with Gasteiger partial charge in [0.15, 0.2) is 17.5 Å². The number of aliphatic imine (C=N–C) groups is 1. The molecule has 0 radical (unpaired) electrons. The van der Waals surface area contributed by atoms with Crippen LogP contribution >= 0.6 is 24.0 Å². The summed E-state index contributed by atoms with van der Waals surface area (Å²) in [4.78, 5) is 4.49. The Morgan fingerprint density at radius 1 is 1.41 bits per heavy atom. The van der Waals surface area contributed by atoms with Crippen LogP contribution in [0.1, 0.15) is 57.6 Å². The molecule has 1 atom stereocenters. The van der Waals surface area contributed by atoms with Crippen LogP contribution in [0.15, 0.2) is 23.2 Å². The summed E-state index contributed by atoms with van der Waals surface area (Å²) in [7, 11) is 0. The molecule has 0 bridgehead atoms. The van der Waals surface area contributed by atoms with E-state index in [2.05, 4.69) is 15.6 Å². The molecule has 2 fully saturated rings. The monoisotopic (exact) mass is 491 g/mol. The molecule has 0 aliphatic heterocycles. The summed E-state index contributed by atoms with van der Waals surface area (Å²) in [5.41, 5.74) is 0.173. The lowest BCUT2D eigenvalue weighted by atomic mass is 9.80. The number of guanidine groups is 1. The van der Waals surface area contributed by atoms with E-state index in [1.807, 2.05) is 19.9 Å². The van der Waals surface area contributed by atoms with Crippen molar-refractivity contribution in [2.75, 3.05) is 19.7 Å². The van der Waals surface area contributed by atoms with Crippen LogP contribution in [0, 0.1) is 11.7 Å². The molecule has 1 aromatic carbocycles. The summed E-state index contributed by atoms with van der Waals surface area (Å²) in [6.07, 6.45) is 5.03. The fourth-order valence-corrected chi connectivity index (χ4v) is 2.97. The predicted molar refractivity (Wildman–Crippen MR) is 116 cm³/mol. The summed E-state index contributed by atoms with van der Waals surface area (Å²) in [5.74, 6) is 1.22. The average molecular weight is 491 g/mol. The van der Waals surface area contributed by atoms with Crippen molar-refractivity contribution in [2.24, 2.45) is 10.9 Å². The molecule has 2 saturated carbocycles. The van der Waals surface area contributed by atoms with Crippen molar-refractivity contribution >= 4 is 29.9 Å². The van der Waals surface area contributed by atoms with Crippen molar-refractivity contribution in [3.63, 3.8) is 0 Å². The van der Waals surface area contributed by atoms with Crippen molar-refractivity contribution in [3.8, 4) is 5.75 Å². The Balaban J connectivity index is 0.00000261. The van der Waals surface area contributed by atoms with Crippen LogP contribution in [0.25, 0.3) is 0 Å². The second-order valence-corrected chi connectivity index (χ2v) is 7.58. The molecule has 0 spiro atoms. The van der Waals surface area contributed by atoms with Crippen LogP contribution < -0.4 is 15.4 Å². The SMILES string of the molecule is CCNC(=NCC1(O)CCC1)NC(C)c1ccc(OCC2CC2)c(F)c1.I. The lowest BCUT2D eigenvalue weighted by molar-refractivity contribution is -0.0236.